The average molecular weight is 211 g/mol. The lowest BCUT2D eigenvalue weighted by atomic mass is 10.7. The Morgan fingerprint density at radius 1 is 1.46 bits per heavy atom. The standard InChI is InChI=1S/C5H9NO6S/c1-12-5(9)2-6-13(10,11)3-4(7)8/h6H,2-3H2,1H3,(H,7,8). The normalized spacial score (nSPS) is 10.8. The number of rotatable bonds is 5. The maximum absolute atomic E-state index is 10.8. The number of hydrogen-bond donors (Lipinski definition) is 2. The highest BCUT2D eigenvalue weighted by molar-refractivity contribution is 7.90. The molecule has 0 aromatic heterocycles. The number of nitrogens with one attached hydrogen (secondary N) is 1. The molecule has 0 fully saturated rings. The predicted octanol–water partition coefficient (Wildman–Crippen LogP) is -1.84. The van der Waals surface area contributed by atoms with Crippen molar-refractivity contribution in [2.75, 3.05) is 19.4 Å². The Morgan fingerprint density at radius 2 is 2.00 bits per heavy atom. The van der Waals surface area contributed by atoms with Crippen molar-refractivity contribution in [1.29, 1.82) is 0 Å². The number of carbonyl (C=O) groups excluding carboxylic acids is 1. The van der Waals surface area contributed by atoms with Gasteiger partial charge in [-0.3, -0.25) is 9.59 Å². The molecule has 76 valence electrons. The molecule has 0 bridgehead atoms. The quantitative estimate of drug-likeness (QED) is 0.517. The van der Waals surface area contributed by atoms with Crippen LogP contribution in [0.15, 0.2) is 0 Å². The van der Waals surface area contributed by atoms with Crippen LogP contribution < -0.4 is 4.72 Å². The van der Waals surface area contributed by atoms with E-state index in [-0.39, 0.29) is 0 Å². The molecule has 0 spiro atoms. The van der Waals surface area contributed by atoms with E-state index in [0.717, 1.165) is 7.11 Å². The van der Waals surface area contributed by atoms with Crippen LogP contribution in [-0.4, -0.2) is 44.9 Å². The van der Waals surface area contributed by atoms with E-state index in [0.29, 0.717) is 0 Å². The van der Waals surface area contributed by atoms with E-state index in [1.165, 1.54) is 0 Å². The van der Waals surface area contributed by atoms with Crippen LogP contribution in [0, 0.1) is 0 Å². The van der Waals surface area contributed by atoms with Gasteiger partial charge in [-0.25, -0.2) is 13.1 Å². The summed E-state index contributed by atoms with van der Waals surface area (Å²) in [6.07, 6.45) is 0. The molecule has 0 amide bonds. The Kier molecular flexibility index (Phi) is 4.35. The van der Waals surface area contributed by atoms with Gasteiger partial charge in [-0.2, -0.15) is 0 Å². The second-order valence-electron chi connectivity index (χ2n) is 2.05. The van der Waals surface area contributed by atoms with E-state index in [1.807, 2.05) is 0 Å². The molecule has 2 N–H and O–H groups in total. The van der Waals surface area contributed by atoms with Gasteiger partial charge >= 0.3 is 11.9 Å². The third-order valence-corrected chi connectivity index (χ3v) is 2.19. The van der Waals surface area contributed by atoms with Gasteiger partial charge < -0.3 is 9.84 Å². The lowest BCUT2D eigenvalue weighted by Gasteiger charge is -2.01. The SMILES string of the molecule is COC(=O)CNS(=O)(=O)CC(=O)O. The van der Waals surface area contributed by atoms with Gasteiger partial charge in [0, 0.05) is 0 Å². The average Bonchev–Trinajstić information content (AvgIpc) is 1.98. The molecule has 0 saturated heterocycles. The zero-order valence-electron chi connectivity index (χ0n) is 6.81. The molecule has 7 nitrogen and oxygen atoms in total. The lowest BCUT2D eigenvalue weighted by molar-refractivity contribution is -0.139. The van der Waals surface area contributed by atoms with Gasteiger partial charge in [0.25, 0.3) is 0 Å². The first-order chi connectivity index (χ1) is 5.87. The fraction of sp³-hybridized carbons (Fsp3) is 0.600. The Labute approximate surface area is 74.7 Å². The second kappa shape index (κ2) is 4.77. The third-order valence-electron chi connectivity index (χ3n) is 0.978. The topological polar surface area (TPSA) is 110 Å². The van der Waals surface area contributed by atoms with Crippen molar-refractivity contribution >= 4 is 22.0 Å². The molecule has 0 aliphatic heterocycles. The van der Waals surface area contributed by atoms with E-state index >= 15 is 0 Å². The van der Waals surface area contributed by atoms with Crippen molar-refractivity contribution in [3.05, 3.63) is 0 Å². The van der Waals surface area contributed by atoms with Gasteiger partial charge in [-0.15, -0.1) is 0 Å². The van der Waals surface area contributed by atoms with Crippen LogP contribution in [-0.2, 0) is 24.3 Å². The number of aliphatic carboxylic acids is 1. The minimum Gasteiger partial charge on any atom is -0.480 e. The second-order valence-corrected chi connectivity index (χ2v) is 3.86. The lowest BCUT2D eigenvalue weighted by Crippen LogP contribution is -2.34. The van der Waals surface area contributed by atoms with E-state index in [1.54, 1.807) is 4.72 Å². The van der Waals surface area contributed by atoms with Crippen molar-refractivity contribution in [3.63, 3.8) is 0 Å². The Bertz CT molecular complexity index is 294. The Morgan fingerprint density at radius 3 is 2.38 bits per heavy atom. The van der Waals surface area contributed by atoms with Gasteiger partial charge in [0.1, 0.15) is 6.54 Å². The third kappa shape index (κ3) is 6.05. The van der Waals surface area contributed by atoms with Gasteiger partial charge in [-0.05, 0) is 0 Å². The molecule has 0 rings (SSSR count). The minimum absolute atomic E-state index is 0.563. The molecule has 0 saturated carbocycles. The van der Waals surface area contributed by atoms with E-state index in [2.05, 4.69) is 4.74 Å². The first-order valence-corrected chi connectivity index (χ1v) is 4.78. The first-order valence-electron chi connectivity index (χ1n) is 3.13. The summed E-state index contributed by atoms with van der Waals surface area (Å²) >= 11 is 0. The van der Waals surface area contributed by atoms with Crippen molar-refractivity contribution in [2.24, 2.45) is 0 Å². The molecule has 0 unspecified atom stereocenters. The minimum atomic E-state index is -3.94. The number of hydrogen-bond acceptors (Lipinski definition) is 5. The summed E-state index contributed by atoms with van der Waals surface area (Å²) in [6, 6.07) is 0. The zero-order valence-corrected chi connectivity index (χ0v) is 7.63. The zero-order chi connectivity index (χ0) is 10.5. The first kappa shape index (κ1) is 11.8. The smallest absolute Gasteiger partial charge is 0.320 e. The van der Waals surface area contributed by atoms with Crippen LogP contribution in [0.2, 0.25) is 0 Å². The predicted molar refractivity (Wildman–Crippen MR) is 41.4 cm³/mol. The number of ether oxygens (including phenoxy) is 1. The van der Waals surface area contributed by atoms with Crippen LogP contribution in [0.25, 0.3) is 0 Å². The molecule has 0 radical (unpaired) electrons. The molecule has 0 aliphatic carbocycles. The Balaban J connectivity index is 4.05. The Hall–Kier alpha value is -1.15. The molecule has 0 aliphatic rings. The van der Waals surface area contributed by atoms with E-state index in [9.17, 15) is 18.0 Å². The van der Waals surface area contributed by atoms with Crippen molar-refractivity contribution < 1.29 is 27.9 Å². The van der Waals surface area contributed by atoms with Gasteiger partial charge in [-0.1, -0.05) is 0 Å². The summed E-state index contributed by atoms with van der Waals surface area (Å²) in [5.74, 6) is -3.34. The van der Waals surface area contributed by atoms with Crippen molar-refractivity contribution in [1.82, 2.24) is 4.72 Å². The van der Waals surface area contributed by atoms with Crippen LogP contribution >= 0.6 is 0 Å². The molecular formula is C5H9NO6S. The van der Waals surface area contributed by atoms with Gasteiger partial charge in [0.05, 0.1) is 7.11 Å². The van der Waals surface area contributed by atoms with Crippen LogP contribution in [0.3, 0.4) is 0 Å². The number of carboxylic acid groups (broad SMARTS) is 1. The number of sulfonamides is 1. The molecule has 0 aromatic carbocycles. The fourth-order valence-corrected chi connectivity index (χ4v) is 1.22. The number of esters is 1. The van der Waals surface area contributed by atoms with Gasteiger partial charge in [0.2, 0.25) is 10.0 Å². The van der Waals surface area contributed by atoms with Crippen molar-refractivity contribution in [3.8, 4) is 0 Å². The van der Waals surface area contributed by atoms with E-state index < -0.39 is 34.3 Å². The van der Waals surface area contributed by atoms with Gasteiger partial charge in [0.15, 0.2) is 5.75 Å². The summed E-state index contributed by atoms with van der Waals surface area (Å²) in [5.41, 5.74) is 0. The molecular weight excluding hydrogens is 202 g/mol. The fourth-order valence-electron chi connectivity index (χ4n) is 0.455. The monoisotopic (exact) mass is 211 g/mol. The maximum atomic E-state index is 10.8. The van der Waals surface area contributed by atoms with Crippen LogP contribution in [0.4, 0.5) is 0 Å². The summed E-state index contributed by atoms with van der Waals surface area (Å²) in [6.45, 7) is -0.563. The number of methoxy groups -OCH3 is 1. The molecule has 0 atom stereocenters. The highest BCUT2D eigenvalue weighted by Crippen LogP contribution is 1.83. The maximum Gasteiger partial charge on any atom is 0.320 e. The highest BCUT2D eigenvalue weighted by atomic mass is 32.2. The summed E-state index contributed by atoms with van der Waals surface area (Å²) in [5, 5.41) is 8.14. The largest absolute Gasteiger partial charge is 0.480 e. The van der Waals surface area contributed by atoms with E-state index in [4.69, 9.17) is 5.11 Å². The summed E-state index contributed by atoms with van der Waals surface area (Å²) in [7, 11) is -2.85. The van der Waals surface area contributed by atoms with Crippen LogP contribution in [0.1, 0.15) is 0 Å². The highest BCUT2D eigenvalue weighted by Gasteiger charge is 2.16. The summed E-state index contributed by atoms with van der Waals surface area (Å²) < 4.78 is 27.4. The molecule has 0 heterocycles. The number of carboxylic acids is 1. The van der Waals surface area contributed by atoms with Crippen molar-refractivity contribution in [2.45, 2.75) is 0 Å². The molecule has 8 heteroatoms. The number of carbonyl (C=O) groups is 2. The molecule has 0 aromatic rings. The molecule has 13 heavy (non-hydrogen) atoms. The van der Waals surface area contributed by atoms with Crippen LogP contribution in [0.5, 0.6) is 0 Å². The summed E-state index contributed by atoms with van der Waals surface area (Å²) in [4.78, 5) is 20.4.